The van der Waals surface area contributed by atoms with E-state index in [0.717, 1.165) is 96.3 Å². The molecule has 1 amide bonds. The van der Waals surface area contributed by atoms with Gasteiger partial charge in [0.15, 0.2) is 5.82 Å². The predicted molar refractivity (Wildman–Crippen MR) is 118 cm³/mol. The lowest BCUT2D eigenvalue weighted by molar-refractivity contribution is -0.125. The van der Waals surface area contributed by atoms with Gasteiger partial charge in [-0.3, -0.25) is 9.69 Å². The zero-order chi connectivity index (χ0) is 20.6. The van der Waals surface area contributed by atoms with Crippen molar-refractivity contribution in [3.63, 3.8) is 0 Å². The van der Waals surface area contributed by atoms with Gasteiger partial charge in [0.1, 0.15) is 6.33 Å². The maximum absolute atomic E-state index is 12.6. The Hall–Kier alpha value is -1.93. The third kappa shape index (κ3) is 5.60. The molecule has 1 aromatic rings. The van der Waals surface area contributed by atoms with E-state index in [2.05, 4.69) is 30.0 Å². The number of hydrogen-bond donors (Lipinski definition) is 1. The molecule has 0 aliphatic carbocycles. The predicted octanol–water partition coefficient (Wildman–Crippen LogP) is 1.52. The fourth-order valence-electron chi connectivity index (χ4n) is 4.75. The summed E-state index contributed by atoms with van der Waals surface area (Å²) in [4.78, 5) is 28.7. The maximum Gasteiger partial charge on any atom is 0.223 e. The summed E-state index contributed by atoms with van der Waals surface area (Å²) < 4.78 is 5.38. The SMILES string of the molecule is O=C(NCCCN1CCOCC1)C1CCN(c2cncnc2N2CCCCC2)CC1. The lowest BCUT2D eigenvalue weighted by Crippen LogP contribution is -2.42. The number of piperidine rings is 2. The van der Waals surface area contributed by atoms with Gasteiger partial charge in [-0.25, -0.2) is 9.97 Å². The number of nitrogens with zero attached hydrogens (tertiary/aromatic N) is 5. The topological polar surface area (TPSA) is 73.8 Å². The number of morpholine rings is 1. The van der Waals surface area contributed by atoms with E-state index in [1.807, 2.05) is 6.20 Å². The number of nitrogens with one attached hydrogen (secondary N) is 1. The van der Waals surface area contributed by atoms with Gasteiger partial charge in [0.05, 0.1) is 25.1 Å². The first-order valence-electron chi connectivity index (χ1n) is 11.7. The molecule has 8 nitrogen and oxygen atoms in total. The van der Waals surface area contributed by atoms with Crippen molar-refractivity contribution in [3.05, 3.63) is 12.5 Å². The third-order valence-electron chi connectivity index (χ3n) is 6.59. The summed E-state index contributed by atoms with van der Waals surface area (Å²) in [6.07, 6.45) is 10.2. The zero-order valence-corrected chi connectivity index (χ0v) is 18.1. The smallest absolute Gasteiger partial charge is 0.223 e. The minimum atomic E-state index is 0.118. The highest BCUT2D eigenvalue weighted by Gasteiger charge is 2.27. The van der Waals surface area contributed by atoms with Crippen molar-refractivity contribution in [2.24, 2.45) is 5.92 Å². The molecule has 3 aliphatic rings. The summed E-state index contributed by atoms with van der Waals surface area (Å²) in [5.41, 5.74) is 1.13. The van der Waals surface area contributed by atoms with E-state index in [-0.39, 0.29) is 11.8 Å². The van der Waals surface area contributed by atoms with E-state index in [9.17, 15) is 4.79 Å². The monoisotopic (exact) mass is 416 g/mol. The van der Waals surface area contributed by atoms with Crippen LogP contribution in [0.4, 0.5) is 11.5 Å². The fraction of sp³-hybridized carbons (Fsp3) is 0.773. The largest absolute Gasteiger partial charge is 0.379 e. The van der Waals surface area contributed by atoms with Crippen molar-refractivity contribution in [3.8, 4) is 0 Å². The molecule has 0 bridgehead atoms. The highest BCUT2D eigenvalue weighted by molar-refractivity contribution is 5.79. The Bertz CT molecular complexity index is 667. The highest BCUT2D eigenvalue weighted by atomic mass is 16.5. The average Bonchev–Trinajstić information content (AvgIpc) is 2.83. The van der Waals surface area contributed by atoms with Crippen LogP contribution in [0.2, 0.25) is 0 Å². The maximum atomic E-state index is 12.6. The van der Waals surface area contributed by atoms with Crippen LogP contribution >= 0.6 is 0 Å². The van der Waals surface area contributed by atoms with Crippen LogP contribution in [0.5, 0.6) is 0 Å². The van der Waals surface area contributed by atoms with Gasteiger partial charge in [-0.2, -0.15) is 0 Å². The molecule has 0 spiro atoms. The molecule has 0 saturated carbocycles. The molecular weight excluding hydrogens is 380 g/mol. The van der Waals surface area contributed by atoms with Gasteiger partial charge in [-0.15, -0.1) is 0 Å². The Morgan fingerprint density at radius 1 is 1.03 bits per heavy atom. The molecule has 1 aromatic heterocycles. The Labute approximate surface area is 180 Å². The molecule has 166 valence electrons. The standard InChI is InChI=1S/C22H36N6O2/c29-22(24-7-4-8-26-13-15-30-16-14-26)19-5-11-27(12-6-19)20-17-23-18-25-21(20)28-9-2-1-3-10-28/h17-19H,1-16H2,(H,24,29). The molecule has 0 radical (unpaired) electrons. The summed E-state index contributed by atoms with van der Waals surface area (Å²) in [7, 11) is 0. The van der Waals surface area contributed by atoms with Gasteiger partial charge in [-0.05, 0) is 45.1 Å². The van der Waals surface area contributed by atoms with Gasteiger partial charge < -0.3 is 19.9 Å². The van der Waals surface area contributed by atoms with Crippen molar-refractivity contribution < 1.29 is 9.53 Å². The second-order valence-corrected chi connectivity index (χ2v) is 8.64. The van der Waals surface area contributed by atoms with Crippen LogP contribution in [0.3, 0.4) is 0 Å². The molecule has 3 saturated heterocycles. The van der Waals surface area contributed by atoms with E-state index < -0.39 is 0 Å². The number of rotatable bonds is 7. The summed E-state index contributed by atoms with van der Waals surface area (Å²) in [6.45, 7) is 9.41. The van der Waals surface area contributed by atoms with Crippen LogP contribution < -0.4 is 15.1 Å². The van der Waals surface area contributed by atoms with E-state index in [0.29, 0.717) is 0 Å². The van der Waals surface area contributed by atoms with Crippen molar-refractivity contribution in [1.29, 1.82) is 0 Å². The van der Waals surface area contributed by atoms with Crippen LogP contribution in [0.25, 0.3) is 0 Å². The molecule has 4 heterocycles. The highest BCUT2D eigenvalue weighted by Crippen LogP contribution is 2.31. The van der Waals surface area contributed by atoms with Crippen molar-refractivity contribution in [1.82, 2.24) is 20.2 Å². The number of anilines is 2. The number of amides is 1. The first kappa shape index (κ1) is 21.3. The number of hydrogen-bond acceptors (Lipinski definition) is 7. The lowest BCUT2D eigenvalue weighted by atomic mass is 9.95. The van der Waals surface area contributed by atoms with Crippen LogP contribution in [0.1, 0.15) is 38.5 Å². The summed E-state index contributed by atoms with van der Waals surface area (Å²) in [5, 5.41) is 3.16. The Kier molecular flexibility index (Phi) is 7.75. The minimum Gasteiger partial charge on any atom is -0.379 e. The van der Waals surface area contributed by atoms with Crippen molar-refractivity contribution in [2.75, 3.05) is 75.4 Å². The quantitative estimate of drug-likeness (QED) is 0.676. The normalized spacial score (nSPS) is 21.6. The number of aromatic nitrogens is 2. The van der Waals surface area contributed by atoms with Crippen LogP contribution in [0, 0.1) is 5.92 Å². The second kappa shape index (κ2) is 10.9. The average molecular weight is 417 g/mol. The lowest BCUT2D eigenvalue weighted by Gasteiger charge is -2.36. The molecule has 4 rings (SSSR count). The van der Waals surface area contributed by atoms with Crippen LogP contribution in [0.15, 0.2) is 12.5 Å². The first-order valence-corrected chi connectivity index (χ1v) is 11.7. The van der Waals surface area contributed by atoms with E-state index in [1.165, 1.54) is 19.3 Å². The molecule has 1 N–H and O–H groups in total. The molecule has 3 fully saturated rings. The molecule has 3 aliphatic heterocycles. The first-order chi connectivity index (χ1) is 14.8. The van der Waals surface area contributed by atoms with Crippen LogP contribution in [-0.2, 0) is 9.53 Å². The Balaban J connectivity index is 1.21. The Morgan fingerprint density at radius 2 is 1.80 bits per heavy atom. The van der Waals surface area contributed by atoms with E-state index in [4.69, 9.17) is 4.74 Å². The van der Waals surface area contributed by atoms with E-state index >= 15 is 0 Å². The molecule has 0 atom stereocenters. The van der Waals surface area contributed by atoms with Crippen molar-refractivity contribution >= 4 is 17.4 Å². The van der Waals surface area contributed by atoms with Gasteiger partial charge in [-0.1, -0.05) is 0 Å². The van der Waals surface area contributed by atoms with Gasteiger partial charge in [0.25, 0.3) is 0 Å². The molecule has 30 heavy (non-hydrogen) atoms. The molecule has 0 aromatic carbocycles. The number of carbonyl (C=O) groups is 1. The zero-order valence-electron chi connectivity index (χ0n) is 18.1. The van der Waals surface area contributed by atoms with Gasteiger partial charge >= 0.3 is 0 Å². The molecule has 0 unspecified atom stereocenters. The number of carbonyl (C=O) groups excluding carboxylic acids is 1. The summed E-state index contributed by atoms with van der Waals surface area (Å²) in [5.74, 6) is 1.40. The van der Waals surface area contributed by atoms with Gasteiger partial charge in [0, 0.05) is 51.7 Å². The van der Waals surface area contributed by atoms with E-state index in [1.54, 1.807) is 6.33 Å². The molecule has 8 heteroatoms. The fourth-order valence-corrected chi connectivity index (χ4v) is 4.75. The van der Waals surface area contributed by atoms with Gasteiger partial charge in [0.2, 0.25) is 5.91 Å². The van der Waals surface area contributed by atoms with Crippen LogP contribution in [-0.4, -0.2) is 86.3 Å². The molecular formula is C22H36N6O2. The third-order valence-corrected chi connectivity index (χ3v) is 6.59. The minimum absolute atomic E-state index is 0.118. The van der Waals surface area contributed by atoms with Crippen molar-refractivity contribution in [2.45, 2.75) is 38.5 Å². The summed E-state index contributed by atoms with van der Waals surface area (Å²) in [6, 6.07) is 0. The second-order valence-electron chi connectivity index (χ2n) is 8.64. The Morgan fingerprint density at radius 3 is 2.57 bits per heavy atom. The number of ether oxygens (including phenoxy) is 1. The summed E-state index contributed by atoms with van der Waals surface area (Å²) >= 11 is 0.